The highest BCUT2D eigenvalue weighted by molar-refractivity contribution is 9.10. The summed E-state index contributed by atoms with van der Waals surface area (Å²) in [6, 6.07) is 5.49. The van der Waals surface area contributed by atoms with Crippen molar-refractivity contribution in [2.75, 3.05) is 0 Å². The van der Waals surface area contributed by atoms with Crippen molar-refractivity contribution in [3.63, 3.8) is 0 Å². The van der Waals surface area contributed by atoms with E-state index in [0.717, 1.165) is 21.3 Å². The lowest BCUT2D eigenvalue weighted by atomic mass is 10.2. The Morgan fingerprint density at radius 3 is 2.86 bits per heavy atom. The summed E-state index contributed by atoms with van der Waals surface area (Å²) in [5.74, 6) is -0.382. The maximum absolute atomic E-state index is 10.6. The van der Waals surface area contributed by atoms with Crippen LogP contribution in [0.15, 0.2) is 28.7 Å². The van der Waals surface area contributed by atoms with Crippen LogP contribution in [-0.2, 0) is 11.4 Å². The maximum Gasteiger partial charge on any atom is 0.328 e. The number of hydrogen-bond acceptors (Lipinski definition) is 4. The van der Waals surface area contributed by atoms with Gasteiger partial charge in [0, 0.05) is 16.5 Å². The molecule has 0 atom stereocenters. The molecule has 1 aromatic carbocycles. The molecule has 0 aliphatic carbocycles. The Kier molecular flexibility index (Phi) is 5.14. The zero-order valence-electron chi connectivity index (χ0n) is 11.6. The van der Waals surface area contributed by atoms with Gasteiger partial charge in [0.1, 0.15) is 17.4 Å². The van der Waals surface area contributed by atoms with E-state index in [4.69, 9.17) is 9.84 Å². The van der Waals surface area contributed by atoms with Crippen molar-refractivity contribution < 1.29 is 14.6 Å². The molecule has 21 heavy (non-hydrogen) atoms. The molecular weight excluding hydrogens is 354 g/mol. The molecule has 6 heteroatoms. The summed E-state index contributed by atoms with van der Waals surface area (Å²) in [5.41, 5.74) is 1.72. The van der Waals surface area contributed by atoms with Crippen LogP contribution in [0.3, 0.4) is 0 Å². The number of benzene rings is 1. The number of aliphatic carboxylic acids is 1. The highest BCUT2D eigenvalue weighted by Crippen LogP contribution is 2.31. The number of aryl methyl sites for hydroxylation is 2. The Bertz CT molecular complexity index is 675. The van der Waals surface area contributed by atoms with Gasteiger partial charge >= 0.3 is 5.97 Å². The lowest BCUT2D eigenvalue weighted by Crippen LogP contribution is -1.98. The Labute approximate surface area is 135 Å². The predicted octanol–water partition coefficient (Wildman–Crippen LogP) is 4.20. The largest absolute Gasteiger partial charge is 0.485 e. The standard InChI is InChI=1S/C15H14BrNO3S/c1-9-10(2)21-13(17-9)8-20-15-11(6-7-14(18)19)4-3-5-12(15)16/h3-7H,8H2,1-2H3,(H,18,19)/b7-6+. The van der Waals surface area contributed by atoms with Crippen LogP contribution < -0.4 is 4.74 Å². The van der Waals surface area contributed by atoms with Crippen molar-refractivity contribution in [3.05, 3.63) is 49.9 Å². The molecule has 0 aliphatic heterocycles. The Hall–Kier alpha value is -1.66. The van der Waals surface area contributed by atoms with Crippen molar-refractivity contribution in [2.24, 2.45) is 0 Å². The van der Waals surface area contributed by atoms with Crippen LogP contribution in [0, 0.1) is 13.8 Å². The van der Waals surface area contributed by atoms with Gasteiger partial charge in [-0.25, -0.2) is 9.78 Å². The number of aromatic nitrogens is 1. The first-order valence-electron chi connectivity index (χ1n) is 6.22. The predicted molar refractivity (Wildman–Crippen MR) is 86.7 cm³/mol. The zero-order chi connectivity index (χ0) is 15.4. The highest BCUT2D eigenvalue weighted by atomic mass is 79.9. The molecule has 1 aromatic heterocycles. The van der Waals surface area contributed by atoms with Gasteiger partial charge in [-0.3, -0.25) is 0 Å². The van der Waals surface area contributed by atoms with E-state index < -0.39 is 5.97 Å². The average Bonchev–Trinajstić information content (AvgIpc) is 2.74. The fourth-order valence-corrected chi connectivity index (χ4v) is 3.05. The number of ether oxygens (including phenoxy) is 1. The summed E-state index contributed by atoms with van der Waals surface area (Å²) >= 11 is 5.02. The van der Waals surface area contributed by atoms with Crippen molar-refractivity contribution >= 4 is 39.3 Å². The average molecular weight is 368 g/mol. The summed E-state index contributed by atoms with van der Waals surface area (Å²) in [6.45, 7) is 4.35. The summed E-state index contributed by atoms with van der Waals surface area (Å²) < 4.78 is 6.59. The van der Waals surface area contributed by atoms with E-state index in [1.807, 2.05) is 26.0 Å². The number of rotatable bonds is 5. The summed E-state index contributed by atoms with van der Waals surface area (Å²) in [5, 5.41) is 9.63. The second-order valence-electron chi connectivity index (χ2n) is 4.37. The zero-order valence-corrected chi connectivity index (χ0v) is 14.0. The minimum Gasteiger partial charge on any atom is -0.485 e. The molecule has 0 bridgehead atoms. The number of para-hydroxylation sites is 1. The number of hydrogen-bond donors (Lipinski definition) is 1. The molecule has 0 fully saturated rings. The summed E-state index contributed by atoms with van der Waals surface area (Å²) in [7, 11) is 0. The molecule has 0 spiro atoms. The van der Waals surface area contributed by atoms with Gasteiger partial charge in [0.15, 0.2) is 0 Å². The summed E-state index contributed by atoms with van der Waals surface area (Å²) in [4.78, 5) is 16.2. The van der Waals surface area contributed by atoms with Crippen molar-refractivity contribution in [3.8, 4) is 5.75 Å². The van der Waals surface area contributed by atoms with Gasteiger partial charge < -0.3 is 9.84 Å². The second-order valence-corrected chi connectivity index (χ2v) is 6.51. The van der Waals surface area contributed by atoms with Gasteiger partial charge in [-0.2, -0.15) is 0 Å². The third-order valence-corrected chi connectivity index (χ3v) is 4.49. The molecule has 1 heterocycles. The van der Waals surface area contributed by atoms with E-state index in [1.54, 1.807) is 17.4 Å². The molecule has 0 saturated carbocycles. The first-order chi connectivity index (χ1) is 9.97. The topological polar surface area (TPSA) is 59.4 Å². The number of carboxylic acids is 1. The van der Waals surface area contributed by atoms with Crippen LogP contribution in [0.4, 0.5) is 0 Å². The van der Waals surface area contributed by atoms with Crippen LogP contribution in [0.2, 0.25) is 0 Å². The van der Waals surface area contributed by atoms with E-state index in [0.29, 0.717) is 17.9 Å². The van der Waals surface area contributed by atoms with E-state index >= 15 is 0 Å². The molecule has 0 amide bonds. The van der Waals surface area contributed by atoms with Gasteiger partial charge in [0.25, 0.3) is 0 Å². The minimum absolute atomic E-state index is 0.357. The third-order valence-electron chi connectivity index (χ3n) is 2.82. The third kappa shape index (κ3) is 4.15. The van der Waals surface area contributed by atoms with E-state index in [1.165, 1.54) is 11.0 Å². The molecule has 0 saturated heterocycles. The van der Waals surface area contributed by atoms with E-state index in [-0.39, 0.29) is 0 Å². The first-order valence-corrected chi connectivity index (χ1v) is 7.83. The van der Waals surface area contributed by atoms with Crippen LogP contribution in [0.25, 0.3) is 6.08 Å². The number of carbonyl (C=O) groups is 1. The Morgan fingerprint density at radius 1 is 1.48 bits per heavy atom. The molecule has 0 aliphatic rings. The molecule has 2 rings (SSSR count). The molecule has 2 aromatic rings. The van der Waals surface area contributed by atoms with E-state index in [9.17, 15) is 4.79 Å². The molecule has 0 unspecified atom stereocenters. The molecule has 110 valence electrons. The molecular formula is C15H14BrNO3S. The first kappa shape index (κ1) is 15.7. The number of halogens is 1. The lowest BCUT2D eigenvalue weighted by Gasteiger charge is -2.10. The van der Waals surface area contributed by atoms with E-state index in [2.05, 4.69) is 20.9 Å². The smallest absolute Gasteiger partial charge is 0.328 e. The van der Waals surface area contributed by atoms with Gasteiger partial charge in [-0.05, 0) is 41.9 Å². The summed E-state index contributed by atoms with van der Waals surface area (Å²) in [6.07, 6.45) is 2.60. The van der Waals surface area contributed by atoms with Crippen molar-refractivity contribution in [1.29, 1.82) is 0 Å². The Balaban J connectivity index is 2.20. The fraction of sp³-hybridized carbons (Fsp3) is 0.200. The van der Waals surface area contributed by atoms with Crippen LogP contribution in [0.5, 0.6) is 5.75 Å². The maximum atomic E-state index is 10.6. The van der Waals surface area contributed by atoms with Crippen LogP contribution in [-0.4, -0.2) is 16.1 Å². The van der Waals surface area contributed by atoms with Crippen LogP contribution >= 0.6 is 27.3 Å². The monoisotopic (exact) mass is 367 g/mol. The number of carboxylic acid groups (broad SMARTS) is 1. The number of nitrogens with zero attached hydrogens (tertiary/aromatic N) is 1. The molecule has 4 nitrogen and oxygen atoms in total. The molecule has 0 radical (unpaired) electrons. The fourth-order valence-electron chi connectivity index (χ4n) is 1.70. The van der Waals surface area contributed by atoms with Crippen molar-refractivity contribution in [1.82, 2.24) is 4.98 Å². The number of thiazole rings is 1. The van der Waals surface area contributed by atoms with Gasteiger partial charge in [-0.1, -0.05) is 12.1 Å². The second kappa shape index (κ2) is 6.87. The highest BCUT2D eigenvalue weighted by Gasteiger charge is 2.09. The quantitative estimate of drug-likeness (QED) is 0.804. The minimum atomic E-state index is -0.993. The SMILES string of the molecule is Cc1nc(COc2c(Br)cccc2/C=C/C(=O)O)sc1C. The Morgan fingerprint density at radius 2 is 2.24 bits per heavy atom. The lowest BCUT2D eigenvalue weighted by molar-refractivity contribution is -0.131. The van der Waals surface area contributed by atoms with Crippen molar-refractivity contribution in [2.45, 2.75) is 20.5 Å². The van der Waals surface area contributed by atoms with Crippen LogP contribution in [0.1, 0.15) is 21.1 Å². The normalized spacial score (nSPS) is 11.0. The molecule has 1 N–H and O–H groups in total. The van der Waals surface area contributed by atoms with Gasteiger partial charge in [0.05, 0.1) is 10.2 Å². The van der Waals surface area contributed by atoms with Gasteiger partial charge in [0.2, 0.25) is 0 Å². The van der Waals surface area contributed by atoms with Gasteiger partial charge in [-0.15, -0.1) is 11.3 Å².